The molecule has 1 heterocycles. The molecule has 96 valence electrons. The summed E-state index contributed by atoms with van der Waals surface area (Å²) in [6, 6.07) is 7.68. The van der Waals surface area contributed by atoms with Gasteiger partial charge < -0.3 is 9.84 Å². The van der Waals surface area contributed by atoms with Gasteiger partial charge in [0.15, 0.2) is 0 Å². The summed E-state index contributed by atoms with van der Waals surface area (Å²) < 4.78 is 7.49. The first-order valence-electron chi connectivity index (χ1n) is 5.46. The molecule has 0 aliphatic rings. The van der Waals surface area contributed by atoms with Crippen LogP contribution in [0.15, 0.2) is 34.1 Å². The third-order valence-electron chi connectivity index (χ3n) is 2.47. The van der Waals surface area contributed by atoms with Crippen LogP contribution in [0.25, 0.3) is 0 Å². The van der Waals surface area contributed by atoms with Crippen molar-refractivity contribution in [3.63, 3.8) is 0 Å². The third-order valence-corrected chi connectivity index (χ3v) is 4.90. The van der Waals surface area contributed by atoms with E-state index >= 15 is 0 Å². The van der Waals surface area contributed by atoms with Crippen LogP contribution in [-0.2, 0) is 0 Å². The minimum absolute atomic E-state index is 0.586. The van der Waals surface area contributed by atoms with E-state index in [9.17, 15) is 5.11 Å². The largest absolute Gasteiger partial charge is 0.493 e. The van der Waals surface area contributed by atoms with Gasteiger partial charge in [0.25, 0.3) is 0 Å². The van der Waals surface area contributed by atoms with Crippen molar-refractivity contribution in [2.45, 2.75) is 13.0 Å². The van der Waals surface area contributed by atoms with Crippen LogP contribution in [0, 0.1) is 2.88 Å². The van der Waals surface area contributed by atoms with Gasteiger partial charge in [-0.15, -0.1) is 11.3 Å². The zero-order valence-corrected chi connectivity index (χ0v) is 14.3. The third kappa shape index (κ3) is 3.26. The van der Waals surface area contributed by atoms with Crippen molar-refractivity contribution in [2.24, 2.45) is 0 Å². The maximum absolute atomic E-state index is 10.3. The molecule has 18 heavy (non-hydrogen) atoms. The highest BCUT2D eigenvalue weighted by Gasteiger charge is 2.13. The van der Waals surface area contributed by atoms with Gasteiger partial charge in [-0.25, -0.2) is 0 Å². The van der Waals surface area contributed by atoms with Gasteiger partial charge in [0.2, 0.25) is 0 Å². The molecule has 0 bridgehead atoms. The maximum Gasteiger partial charge on any atom is 0.133 e. The number of halogens is 2. The van der Waals surface area contributed by atoms with Crippen LogP contribution in [0.3, 0.4) is 0 Å². The summed E-state index contributed by atoms with van der Waals surface area (Å²) in [5, 5.41) is 12.3. The van der Waals surface area contributed by atoms with Crippen molar-refractivity contribution in [3.05, 3.63) is 48.1 Å². The first-order chi connectivity index (χ1) is 8.61. The highest BCUT2D eigenvalue weighted by atomic mass is 127. The summed E-state index contributed by atoms with van der Waals surface area (Å²) in [5.41, 5.74) is 1.79. The van der Waals surface area contributed by atoms with E-state index in [4.69, 9.17) is 4.74 Å². The number of rotatable bonds is 4. The number of thiophene rings is 1. The lowest BCUT2D eigenvalue weighted by Crippen LogP contribution is -1.99. The Kier molecular flexibility index (Phi) is 5.06. The van der Waals surface area contributed by atoms with Gasteiger partial charge in [0.05, 0.1) is 14.0 Å². The highest BCUT2D eigenvalue weighted by molar-refractivity contribution is 14.1. The van der Waals surface area contributed by atoms with Gasteiger partial charge in [-0.1, -0.05) is 6.07 Å². The molecule has 0 aliphatic carbocycles. The van der Waals surface area contributed by atoms with E-state index < -0.39 is 6.10 Å². The topological polar surface area (TPSA) is 29.5 Å². The van der Waals surface area contributed by atoms with Crippen LogP contribution in [-0.4, -0.2) is 11.7 Å². The predicted molar refractivity (Wildman–Crippen MR) is 86.4 cm³/mol. The summed E-state index contributed by atoms with van der Waals surface area (Å²) >= 11 is 7.35. The van der Waals surface area contributed by atoms with Crippen LogP contribution in [0.2, 0.25) is 0 Å². The Balaban J connectivity index is 2.26. The summed E-state index contributed by atoms with van der Waals surface area (Å²) in [4.78, 5) is 0. The average Bonchev–Trinajstić information content (AvgIpc) is 2.78. The Hall–Kier alpha value is -0.110. The molecule has 0 saturated heterocycles. The van der Waals surface area contributed by atoms with E-state index in [0.29, 0.717) is 6.61 Å². The molecule has 5 heteroatoms. The fraction of sp³-hybridized carbons (Fsp3) is 0.231. The van der Waals surface area contributed by atoms with E-state index in [1.54, 1.807) is 11.3 Å². The van der Waals surface area contributed by atoms with Gasteiger partial charge in [-0.2, -0.15) is 0 Å². The van der Waals surface area contributed by atoms with E-state index in [2.05, 4.69) is 38.5 Å². The highest BCUT2D eigenvalue weighted by Crippen LogP contribution is 2.32. The molecule has 0 saturated carbocycles. The molecule has 1 unspecified atom stereocenters. The Morgan fingerprint density at radius 1 is 1.39 bits per heavy atom. The minimum atomic E-state index is -0.586. The van der Waals surface area contributed by atoms with Crippen molar-refractivity contribution in [1.29, 1.82) is 0 Å². The SMILES string of the molecule is CCOc1ccc(C(O)c2csc(I)c2)cc1Br. The molecule has 0 spiro atoms. The van der Waals surface area contributed by atoms with E-state index in [1.165, 1.54) is 2.88 Å². The van der Waals surface area contributed by atoms with Crippen molar-refractivity contribution in [2.75, 3.05) is 6.61 Å². The lowest BCUT2D eigenvalue weighted by atomic mass is 10.0. The number of aliphatic hydroxyl groups is 1. The van der Waals surface area contributed by atoms with Crippen LogP contribution >= 0.6 is 49.9 Å². The molecule has 2 aromatic rings. The Labute approximate surface area is 132 Å². The molecule has 0 aliphatic heterocycles. The average molecular weight is 439 g/mol. The fourth-order valence-electron chi connectivity index (χ4n) is 1.62. The number of hydrogen-bond acceptors (Lipinski definition) is 3. The van der Waals surface area contributed by atoms with Gasteiger partial charge >= 0.3 is 0 Å². The van der Waals surface area contributed by atoms with Crippen molar-refractivity contribution in [1.82, 2.24) is 0 Å². The normalized spacial score (nSPS) is 12.4. The zero-order chi connectivity index (χ0) is 13.1. The van der Waals surface area contributed by atoms with E-state index in [1.807, 2.05) is 36.6 Å². The van der Waals surface area contributed by atoms with Gasteiger partial charge in [-0.3, -0.25) is 0 Å². The molecular weight excluding hydrogens is 427 g/mol. The number of aliphatic hydroxyl groups excluding tert-OH is 1. The van der Waals surface area contributed by atoms with Crippen molar-refractivity contribution >= 4 is 49.9 Å². The number of benzene rings is 1. The second kappa shape index (κ2) is 6.36. The second-order valence-corrected chi connectivity index (χ2v) is 7.37. The molecule has 2 rings (SSSR count). The van der Waals surface area contributed by atoms with Crippen LogP contribution < -0.4 is 4.74 Å². The summed E-state index contributed by atoms with van der Waals surface area (Å²) in [6.07, 6.45) is -0.586. The maximum atomic E-state index is 10.3. The van der Waals surface area contributed by atoms with Gasteiger partial charge in [0, 0.05) is 0 Å². The van der Waals surface area contributed by atoms with E-state index in [-0.39, 0.29) is 0 Å². The van der Waals surface area contributed by atoms with Crippen molar-refractivity contribution in [3.8, 4) is 5.75 Å². The first kappa shape index (κ1) is 14.3. The van der Waals surface area contributed by atoms with Crippen molar-refractivity contribution < 1.29 is 9.84 Å². The fourth-order valence-corrected chi connectivity index (χ4v) is 3.52. The summed E-state index contributed by atoms with van der Waals surface area (Å²) in [5.74, 6) is 0.799. The van der Waals surface area contributed by atoms with Crippen LogP contribution in [0.4, 0.5) is 0 Å². The molecular formula is C13H12BrIO2S. The van der Waals surface area contributed by atoms with Crippen LogP contribution in [0.5, 0.6) is 5.75 Å². The standard InChI is InChI=1S/C13H12BrIO2S/c1-2-17-11-4-3-8(5-10(11)14)13(16)9-6-12(15)18-7-9/h3-7,13,16H,2H2,1H3. The molecule has 0 radical (unpaired) electrons. The number of hydrogen-bond donors (Lipinski definition) is 1. The summed E-state index contributed by atoms with van der Waals surface area (Å²) in [6.45, 7) is 2.58. The lowest BCUT2D eigenvalue weighted by molar-refractivity contribution is 0.220. The predicted octanol–water partition coefficient (Wildman–Crippen LogP) is 4.60. The molecule has 1 N–H and O–H groups in total. The van der Waals surface area contributed by atoms with E-state index in [0.717, 1.165) is 21.3 Å². The quantitative estimate of drug-likeness (QED) is 0.707. The smallest absolute Gasteiger partial charge is 0.133 e. The zero-order valence-electron chi connectivity index (χ0n) is 9.69. The molecule has 1 aromatic carbocycles. The minimum Gasteiger partial charge on any atom is -0.493 e. The molecule has 1 atom stereocenters. The molecule has 1 aromatic heterocycles. The Morgan fingerprint density at radius 2 is 2.17 bits per heavy atom. The van der Waals surface area contributed by atoms with Gasteiger partial charge in [0.1, 0.15) is 11.9 Å². The Morgan fingerprint density at radius 3 is 2.72 bits per heavy atom. The lowest BCUT2D eigenvalue weighted by Gasteiger charge is -2.12. The monoisotopic (exact) mass is 438 g/mol. The molecule has 0 fully saturated rings. The number of ether oxygens (including phenoxy) is 1. The first-order valence-corrected chi connectivity index (χ1v) is 8.21. The summed E-state index contributed by atoms with van der Waals surface area (Å²) in [7, 11) is 0. The Bertz CT molecular complexity index is 542. The van der Waals surface area contributed by atoms with Crippen LogP contribution in [0.1, 0.15) is 24.2 Å². The molecule has 0 amide bonds. The second-order valence-electron chi connectivity index (χ2n) is 3.71. The van der Waals surface area contributed by atoms with Gasteiger partial charge in [-0.05, 0) is 80.2 Å². The molecule has 2 nitrogen and oxygen atoms in total.